The molecule has 3 aromatic rings. The zero-order chi connectivity index (χ0) is 21.6. The number of pyridine rings is 1. The van der Waals surface area contributed by atoms with Crippen LogP contribution in [0.2, 0.25) is 0 Å². The maximum absolute atomic E-state index is 9.25. The average molecular weight is 410 g/mol. The second-order valence-corrected chi connectivity index (χ2v) is 7.65. The zero-order valence-corrected chi connectivity index (χ0v) is 18.1. The van der Waals surface area contributed by atoms with Gasteiger partial charge in [-0.1, -0.05) is 56.1 Å². The van der Waals surface area contributed by atoms with E-state index in [9.17, 15) is 4.79 Å². The van der Waals surface area contributed by atoms with Gasteiger partial charge in [0.05, 0.1) is 0 Å². The summed E-state index contributed by atoms with van der Waals surface area (Å²) >= 11 is 5.67. The van der Waals surface area contributed by atoms with Crippen molar-refractivity contribution in [1.82, 2.24) is 4.57 Å². The quantitative estimate of drug-likeness (QED) is 0.391. The van der Waals surface area contributed by atoms with Crippen molar-refractivity contribution in [2.45, 2.75) is 32.8 Å². The SMILES string of the molecule is C=CC(=O)O.CCC(C)(C)Oc1ccc(-c2cc3ccccc3n(C)c2=S)cc1. The lowest BCUT2D eigenvalue weighted by molar-refractivity contribution is -0.131. The summed E-state index contributed by atoms with van der Waals surface area (Å²) in [5.74, 6) is -0.0910. The van der Waals surface area contributed by atoms with Crippen LogP contribution in [-0.4, -0.2) is 21.2 Å². The monoisotopic (exact) mass is 409 g/mol. The molecule has 0 amide bonds. The van der Waals surface area contributed by atoms with E-state index in [1.54, 1.807) is 0 Å². The second kappa shape index (κ2) is 9.52. The molecule has 0 unspecified atom stereocenters. The molecule has 0 atom stereocenters. The molecule has 29 heavy (non-hydrogen) atoms. The van der Waals surface area contributed by atoms with E-state index in [1.165, 1.54) is 5.39 Å². The van der Waals surface area contributed by atoms with Gasteiger partial charge in [-0.2, -0.15) is 0 Å². The molecule has 0 aliphatic carbocycles. The molecule has 0 bridgehead atoms. The summed E-state index contributed by atoms with van der Waals surface area (Å²) in [5.41, 5.74) is 3.19. The molecule has 1 aromatic heterocycles. The van der Waals surface area contributed by atoms with Crippen LogP contribution in [0.15, 0.2) is 67.3 Å². The van der Waals surface area contributed by atoms with E-state index in [1.807, 2.05) is 25.2 Å². The lowest BCUT2D eigenvalue weighted by atomic mass is 10.0. The van der Waals surface area contributed by atoms with Gasteiger partial charge >= 0.3 is 5.97 Å². The van der Waals surface area contributed by atoms with Gasteiger partial charge < -0.3 is 14.4 Å². The maximum Gasteiger partial charge on any atom is 0.327 e. The zero-order valence-electron chi connectivity index (χ0n) is 17.3. The number of para-hydroxylation sites is 1. The fraction of sp³-hybridized carbons (Fsp3) is 0.250. The first-order valence-corrected chi connectivity index (χ1v) is 9.83. The number of aryl methyl sites for hydroxylation is 1. The number of rotatable bonds is 5. The molecule has 0 fully saturated rings. The lowest BCUT2D eigenvalue weighted by Crippen LogP contribution is -2.26. The van der Waals surface area contributed by atoms with Crippen LogP contribution in [0.4, 0.5) is 0 Å². The van der Waals surface area contributed by atoms with Crippen molar-refractivity contribution in [2.24, 2.45) is 7.05 Å². The van der Waals surface area contributed by atoms with Crippen molar-refractivity contribution in [3.8, 4) is 16.9 Å². The number of nitrogens with zero attached hydrogens (tertiary/aromatic N) is 1. The van der Waals surface area contributed by atoms with Crippen LogP contribution in [-0.2, 0) is 11.8 Å². The maximum atomic E-state index is 9.25. The van der Waals surface area contributed by atoms with Gasteiger partial charge in [-0.3, -0.25) is 0 Å². The Balaban J connectivity index is 0.000000537. The minimum absolute atomic E-state index is 0.153. The summed E-state index contributed by atoms with van der Waals surface area (Å²) < 4.78 is 8.95. The Morgan fingerprint density at radius 2 is 1.79 bits per heavy atom. The number of ether oxygens (including phenoxy) is 1. The molecule has 0 aliphatic rings. The van der Waals surface area contributed by atoms with Crippen LogP contribution < -0.4 is 4.74 Å². The average Bonchev–Trinajstić information content (AvgIpc) is 2.71. The number of aliphatic carboxylic acids is 1. The van der Waals surface area contributed by atoms with Gasteiger partial charge in [-0.05, 0) is 55.5 Å². The number of carboxylic acids is 1. The van der Waals surface area contributed by atoms with Gasteiger partial charge in [0.25, 0.3) is 0 Å². The number of carbonyl (C=O) groups is 1. The standard InChI is InChI=1S/C21H23NOS.C3H4O2/c1-5-21(2,3)23-17-12-10-15(11-13-17)18-14-16-8-6-7-9-19(16)22(4)20(18)24;1-2-3(4)5/h6-14H,5H2,1-4H3;2H,1H2,(H,4,5). The molecule has 2 aromatic carbocycles. The van der Waals surface area contributed by atoms with Gasteiger partial charge in [0.15, 0.2) is 0 Å². The third-order valence-electron chi connectivity index (χ3n) is 4.72. The molecule has 0 spiro atoms. The predicted molar refractivity (Wildman–Crippen MR) is 122 cm³/mol. The summed E-state index contributed by atoms with van der Waals surface area (Å²) in [6, 6.07) is 18.7. The van der Waals surface area contributed by atoms with Crippen molar-refractivity contribution in [1.29, 1.82) is 0 Å². The first-order chi connectivity index (χ1) is 13.7. The Morgan fingerprint density at radius 3 is 2.34 bits per heavy atom. The molecule has 0 saturated heterocycles. The molecule has 4 nitrogen and oxygen atoms in total. The van der Waals surface area contributed by atoms with Crippen molar-refractivity contribution >= 4 is 29.1 Å². The second-order valence-electron chi connectivity index (χ2n) is 7.26. The molecular formula is C24H27NO3S. The summed E-state index contributed by atoms with van der Waals surface area (Å²) in [6.07, 6.45) is 1.80. The third kappa shape index (κ3) is 5.78. The van der Waals surface area contributed by atoms with Gasteiger partial charge in [-0.25, -0.2) is 4.79 Å². The Kier molecular flexibility index (Phi) is 7.35. The molecule has 5 heteroatoms. The fourth-order valence-electron chi connectivity index (χ4n) is 2.72. The summed E-state index contributed by atoms with van der Waals surface area (Å²) in [4.78, 5) is 9.25. The van der Waals surface area contributed by atoms with Crippen LogP contribution in [0, 0.1) is 4.64 Å². The highest BCUT2D eigenvalue weighted by Gasteiger charge is 2.16. The van der Waals surface area contributed by atoms with Gasteiger partial charge in [0.2, 0.25) is 0 Å². The summed E-state index contributed by atoms with van der Waals surface area (Å²) in [6.45, 7) is 9.30. The Morgan fingerprint density at radius 1 is 1.21 bits per heavy atom. The Bertz CT molecular complexity index is 1070. The van der Waals surface area contributed by atoms with Crippen molar-refractivity contribution < 1.29 is 14.6 Å². The molecule has 1 N–H and O–H groups in total. The number of hydrogen-bond acceptors (Lipinski definition) is 3. The van der Waals surface area contributed by atoms with E-state index in [2.05, 4.69) is 68.3 Å². The highest BCUT2D eigenvalue weighted by molar-refractivity contribution is 7.71. The van der Waals surface area contributed by atoms with Crippen LogP contribution in [0.5, 0.6) is 5.75 Å². The predicted octanol–water partition coefficient (Wildman–Crippen LogP) is 6.40. The van der Waals surface area contributed by atoms with Crippen molar-refractivity contribution in [2.75, 3.05) is 0 Å². The van der Waals surface area contributed by atoms with Crippen molar-refractivity contribution in [3.63, 3.8) is 0 Å². The number of fused-ring (bicyclic) bond motifs is 1. The first-order valence-electron chi connectivity index (χ1n) is 9.42. The number of benzene rings is 2. The highest BCUT2D eigenvalue weighted by atomic mass is 32.1. The van der Waals surface area contributed by atoms with Crippen LogP contribution in [0.1, 0.15) is 27.2 Å². The van der Waals surface area contributed by atoms with E-state index in [4.69, 9.17) is 22.1 Å². The molecular weight excluding hydrogens is 382 g/mol. The molecule has 3 rings (SSSR count). The molecule has 1 heterocycles. The molecule has 0 radical (unpaired) electrons. The number of aromatic nitrogens is 1. The highest BCUT2D eigenvalue weighted by Crippen LogP contribution is 2.29. The lowest BCUT2D eigenvalue weighted by Gasteiger charge is -2.25. The first kappa shape index (κ1) is 22.4. The smallest absolute Gasteiger partial charge is 0.327 e. The number of carboxylic acid groups (broad SMARTS) is 1. The molecule has 152 valence electrons. The Labute approximate surface area is 177 Å². The topological polar surface area (TPSA) is 51.5 Å². The fourth-order valence-corrected chi connectivity index (χ4v) is 3.00. The van der Waals surface area contributed by atoms with Crippen LogP contribution >= 0.6 is 12.2 Å². The van der Waals surface area contributed by atoms with Gasteiger partial charge in [0.1, 0.15) is 16.0 Å². The minimum atomic E-state index is -0.981. The van der Waals surface area contributed by atoms with Crippen molar-refractivity contribution in [3.05, 3.63) is 71.9 Å². The summed E-state index contributed by atoms with van der Waals surface area (Å²) in [7, 11) is 2.02. The molecule has 0 aliphatic heterocycles. The van der Waals surface area contributed by atoms with E-state index >= 15 is 0 Å². The third-order valence-corrected chi connectivity index (χ3v) is 5.21. The van der Waals surface area contributed by atoms with E-state index in [0.717, 1.165) is 39.5 Å². The number of hydrogen-bond donors (Lipinski definition) is 1. The van der Waals surface area contributed by atoms with E-state index in [-0.39, 0.29) is 5.60 Å². The van der Waals surface area contributed by atoms with Gasteiger partial charge in [-0.15, -0.1) is 0 Å². The van der Waals surface area contributed by atoms with Crippen LogP contribution in [0.3, 0.4) is 0 Å². The largest absolute Gasteiger partial charge is 0.488 e. The summed E-state index contributed by atoms with van der Waals surface area (Å²) in [5, 5.41) is 8.79. The Hall–Kier alpha value is -2.92. The van der Waals surface area contributed by atoms with Crippen LogP contribution in [0.25, 0.3) is 22.0 Å². The van der Waals surface area contributed by atoms with E-state index in [0.29, 0.717) is 0 Å². The van der Waals surface area contributed by atoms with E-state index < -0.39 is 5.97 Å². The minimum Gasteiger partial charge on any atom is -0.488 e. The normalized spacial score (nSPS) is 10.8. The molecule has 0 saturated carbocycles. The van der Waals surface area contributed by atoms with Gasteiger partial charge in [0, 0.05) is 24.2 Å².